The Hall–Kier alpha value is -1.67. The molecule has 1 fully saturated rings. The standard InChI is InChI=1S/C12H22N6O2/c1-10(11-16-14-9-17(11)2)15-12(19)13-3-4-18-5-7-20-8-6-18/h9-10H,3-8H2,1-2H3,(H2,13,15,19). The van der Waals surface area contributed by atoms with Crippen LogP contribution in [0, 0.1) is 0 Å². The minimum absolute atomic E-state index is 0.175. The van der Waals surface area contributed by atoms with Crippen LogP contribution in [0.15, 0.2) is 6.33 Å². The van der Waals surface area contributed by atoms with Crippen molar-refractivity contribution in [3.8, 4) is 0 Å². The van der Waals surface area contributed by atoms with Crippen molar-refractivity contribution in [2.24, 2.45) is 7.05 Å². The van der Waals surface area contributed by atoms with Crippen molar-refractivity contribution in [1.82, 2.24) is 30.3 Å². The van der Waals surface area contributed by atoms with Crippen LogP contribution in [0.2, 0.25) is 0 Å². The molecule has 8 heteroatoms. The van der Waals surface area contributed by atoms with Gasteiger partial charge in [-0.2, -0.15) is 0 Å². The zero-order valence-corrected chi connectivity index (χ0v) is 12.0. The van der Waals surface area contributed by atoms with Gasteiger partial charge in [-0.05, 0) is 6.92 Å². The van der Waals surface area contributed by atoms with Gasteiger partial charge in [-0.3, -0.25) is 4.90 Å². The van der Waals surface area contributed by atoms with Crippen LogP contribution in [0.3, 0.4) is 0 Å². The summed E-state index contributed by atoms with van der Waals surface area (Å²) in [6.07, 6.45) is 1.61. The Morgan fingerprint density at radius 1 is 1.50 bits per heavy atom. The van der Waals surface area contributed by atoms with Gasteiger partial charge in [0.05, 0.1) is 19.3 Å². The first kappa shape index (κ1) is 14.7. The van der Waals surface area contributed by atoms with Crippen LogP contribution >= 0.6 is 0 Å². The number of urea groups is 1. The summed E-state index contributed by atoms with van der Waals surface area (Å²) in [5.41, 5.74) is 0. The third-order valence-electron chi connectivity index (χ3n) is 3.30. The largest absolute Gasteiger partial charge is 0.379 e. The van der Waals surface area contributed by atoms with Crippen LogP contribution in [0.1, 0.15) is 18.8 Å². The molecule has 2 heterocycles. The van der Waals surface area contributed by atoms with Crippen molar-refractivity contribution >= 4 is 6.03 Å². The maximum atomic E-state index is 11.8. The number of ether oxygens (including phenoxy) is 1. The Bertz CT molecular complexity index is 429. The van der Waals surface area contributed by atoms with E-state index in [-0.39, 0.29) is 12.1 Å². The van der Waals surface area contributed by atoms with Gasteiger partial charge in [0.1, 0.15) is 6.33 Å². The Labute approximate surface area is 118 Å². The van der Waals surface area contributed by atoms with Gasteiger partial charge >= 0.3 is 6.03 Å². The predicted molar refractivity (Wildman–Crippen MR) is 73.2 cm³/mol. The van der Waals surface area contributed by atoms with Gasteiger partial charge in [-0.25, -0.2) is 4.79 Å². The van der Waals surface area contributed by atoms with Gasteiger partial charge in [0.15, 0.2) is 5.82 Å². The van der Waals surface area contributed by atoms with Crippen LogP contribution in [-0.2, 0) is 11.8 Å². The number of nitrogens with one attached hydrogen (secondary N) is 2. The molecule has 0 radical (unpaired) electrons. The molecule has 1 unspecified atom stereocenters. The van der Waals surface area contributed by atoms with Gasteiger partial charge in [0.2, 0.25) is 0 Å². The molecule has 2 N–H and O–H groups in total. The summed E-state index contributed by atoms with van der Waals surface area (Å²) in [7, 11) is 1.85. The van der Waals surface area contributed by atoms with Crippen molar-refractivity contribution in [2.75, 3.05) is 39.4 Å². The Morgan fingerprint density at radius 3 is 2.90 bits per heavy atom. The molecule has 8 nitrogen and oxygen atoms in total. The first-order valence-corrected chi connectivity index (χ1v) is 6.85. The van der Waals surface area contributed by atoms with Crippen LogP contribution in [0.25, 0.3) is 0 Å². The van der Waals surface area contributed by atoms with Gasteiger partial charge in [0, 0.05) is 33.2 Å². The summed E-state index contributed by atoms with van der Waals surface area (Å²) in [5, 5.41) is 13.5. The van der Waals surface area contributed by atoms with E-state index in [1.807, 2.05) is 14.0 Å². The van der Waals surface area contributed by atoms with E-state index in [1.54, 1.807) is 10.9 Å². The number of hydrogen-bond acceptors (Lipinski definition) is 5. The van der Waals surface area contributed by atoms with Crippen molar-refractivity contribution in [2.45, 2.75) is 13.0 Å². The smallest absolute Gasteiger partial charge is 0.315 e. The van der Waals surface area contributed by atoms with Crippen molar-refractivity contribution in [3.05, 3.63) is 12.2 Å². The van der Waals surface area contributed by atoms with E-state index in [2.05, 4.69) is 25.7 Å². The molecule has 20 heavy (non-hydrogen) atoms. The minimum Gasteiger partial charge on any atom is -0.379 e. The highest BCUT2D eigenvalue weighted by Gasteiger charge is 2.14. The maximum absolute atomic E-state index is 11.8. The molecule has 0 spiro atoms. The van der Waals surface area contributed by atoms with Crippen molar-refractivity contribution in [3.63, 3.8) is 0 Å². The topological polar surface area (TPSA) is 84.3 Å². The van der Waals surface area contributed by atoms with Crippen LogP contribution < -0.4 is 10.6 Å². The Morgan fingerprint density at radius 2 is 2.25 bits per heavy atom. The number of carbonyl (C=O) groups is 1. The molecule has 1 aromatic rings. The molecule has 2 rings (SSSR count). The lowest BCUT2D eigenvalue weighted by molar-refractivity contribution is 0.0387. The number of aryl methyl sites for hydroxylation is 1. The molecule has 0 aromatic carbocycles. The lowest BCUT2D eigenvalue weighted by Gasteiger charge is -2.26. The second-order valence-electron chi connectivity index (χ2n) is 4.88. The lowest BCUT2D eigenvalue weighted by Crippen LogP contribution is -2.44. The first-order chi connectivity index (χ1) is 9.66. The van der Waals surface area contributed by atoms with E-state index in [0.717, 1.165) is 38.7 Å². The van der Waals surface area contributed by atoms with E-state index in [0.29, 0.717) is 6.54 Å². The molecule has 0 saturated carbocycles. The molecular formula is C12H22N6O2. The molecule has 0 aliphatic carbocycles. The number of aromatic nitrogens is 3. The minimum atomic E-state index is -0.186. The van der Waals surface area contributed by atoms with Crippen LogP contribution in [0.4, 0.5) is 4.79 Å². The van der Waals surface area contributed by atoms with E-state index in [9.17, 15) is 4.79 Å². The molecule has 112 valence electrons. The number of nitrogens with zero attached hydrogens (tertiary/aromatic N) is 4. The van der Waals surface area contributed by atoms with E-state index < -0.39 is 0 Å². The maximum Gasteiger partial charge on any atom is 0.315 e. The molecule has 1 saturated heterocycles. The van der Waals surface area contributed by atoms with Gasteiger partial charge in [-0.15, -0.1) is 10.2 Å². The van der Waals surface area contributed by atoms with Gasteiger partial charge in [0.25, 0.3) is 0 Å². The monoisotopic (exact) mass is 282 g/mol. The van der Waals surface area contributed by atoms with Crippen molar-refractivity contribution in [1.29, 1.82) is 0 Å². The fourth-order valence-electron chi connectivity index (χ4n) is 2.15. The van der Waals surface area contributed by atoms with E-state index in [4.69, 9.17) is 4.74 Å². The zero-order valence-electron chi connectivity index (χ0n) is 12.0. The molecule has 1 aliphatic heterocycles. The summed E-state index contributed by atoms with van der Waals surface area (Å²) >= 11 is 0. The average molecular weight is 282 g/mol. The summed E-state index contributed by atoms with van der Waals surface area (Å²) in [5.74, 6) is 0.730. The second-order valence-corrected chi connectivity index (χ2v) is 4.88. The third-order valence-corrected chi connectivity index (χ3v) is 3.30. The number of morpholine rings is 1. The van der Waals surface area contributed by atoms with Crippen molar-refractivity contribution < 1.29 is 9.53 Å². The van der Waals surface area contributed by atoms with Crippen LogP contribution in [0.5, 0.6) is 0 Å². The highest BCUT2D eigenvalue weighted by atomic mass is 16.5. The summed E-state index contributed by atoms with van der Waals surface area (Å²) in [6.45, 7) is 6.75. The van der Waals surface area contributed by atoms with E-state index >= 15 is 0 Å². The quantitative estimate of drug-likeness (QED) is 0.761. The highest BCUT2D eigenvalue weighted by molar-refractivity contribution is 5.74. The number of rotatable bonds is 5. The van der Waals surface area contributed by atoms with Crippen LogP contribution in [-0.4, -0.2) is 65.1 Å². The second kappa shape index (κ2) is 7.20. The number of hydrogen-bond donors (Lipinski definition) is 2. The Kier molecular flexibility index (Phi) is 5.31. The summed E-state index contributed by atoms with van der Waals surface area (Å²) in [6, 6.07) is -0.361. The SMILES string of the molecule is CC(NC(=O)NCCN1CCOCC1)c1nncn1C. The fourth-order valence-corrected chi connectivity index (χ4v) is 2.15. The van der Waals surface area contributed by atoms with Gasteiger partial charge < -0.3 is 19.9 Å². The van der Waals surface area contributed by atoms with E-state index in [1.165, 1.54) is 0 Å². The zero-order chi connectivity index (χ0) is 14.4. The predicted octanol–water partition coefficient (Wildman–Crippen LogP) is -0.492. The summed E-state index contributed by atoms with van der Waals surface area (Å²) < 4.78 is 7.07. The Balaban J connectivity index is 1.66. The number of amides is 2. The molecule has 1 aliphatic rings. The molecular weight excluding hydrogens is 260 g/mol. The average Bonchev–Trinajstić information content (AvgIpc) is 2.86. The lowest BCUT2D eigenvalue weighted by atomic mass is 10.3. The number of carbonyl (C=O) groups excluding carboxylic acids is 1. The fraction of sp³-hybridized carbons (Fsp3) is 0.750. The molecule has 1 atom stereocenters. The molecule has 1 aromatic heterocycles. The van der Waals surface area contributed by atoms with Gasteiger partial charge in [-0.1, -0.05) is 0 Å². The first-order valence-electron chi connectivity index (χ1n) is 6.85. The third kappa shape index (κ3) is 4.17. The normalized spacial score (nSPS) is 17.7. The summed E-state index contributed by atoms with van der Waals surface area (Å²) in [4.78, 5) is 14.1. The molecule has 0 bridgehead atoms. The molecule has 2 amide bonds. The highest BCUT2D eigenvalue weighted by Crippen LogP contribution is 2.06.